The predicted molar refractivity (Wildman–Crippen MR) is 73.2 cm³/mol. The summed E-state index contributed by atoms with van der Waals surface area (Å²) in [5.74, 6) is -0.504. The normalized spacial score (nSPS) is 20.1. The van der Waals surface area contributed by atoms with Gasteiger partial charge in [-0.2, -0.15) is 0 Å². The van der Waals surface area contributed by atoms with Crippen molar-refractivity contribution in [1.82, 2.24) is 10.2 Å². The molecule has 0 bridgehead atoms. The molecule has 1 aliphatic rings. The molecule has 0 unspecified atom stereocenters. The van der Waals surface area contributed by atoms with Gasteiger partial charge in [-0.1, -0.05) is 11.6 Å². The number of esters is 1. The van der Waals surface area contributed by atoms with Crippen LogP contribution in [0.2, 0.25) is 4.34 Å². The lowest BCUT2D eigenvalue weighted by Crippen LogP contribution is -2.55. The lowest BCUT2D eigenvalue weighted by molar-refractivity contribution is -0.146. The molecule has 2 heterocycles. The van der Waals surface area contributed by atoms with Gasteiger partial charge in [-0.15, -0.1) is 11.3 Å². The molecule has 1 aromatic heterocycles. The molecule has 1 aliphatic heterocycles. The van der Waals surface area contributed by atoms with E-state index in [1.807, 2.05) is 17.0 Å². The van der Waals surface area contributed by atoms with Gasteiger partial charge < -0.3 is 10.1 Å². The Morgan fingerprint density at radius 2 is 2.42 bits per heavy atom. The van der Waals surface area contributed by atoms with Crippen LogP contribution in [0, 0.1) is 0 Å². The number of thiophene rings is 1. The largest absolute Gasteiger partial charge is 0.469 e. The monoisotopic (exact) mass is 302 g/mol. The summed E-state index contributed by atoms with van der Waals surface area (Å²) in [5, 5.41) is 2.77. The van der Waals surface area contributed by atoms with Crippen LogP contribution in [0.3, 0.4) is 0 Å². The number of carbonyl (C=O) groups excluding carboxylic acids is 2. The first kappa shape index (κ1) is 14.3. The minimum Gasteiger partial charge on any atom is -0.469 e. The van der Waals surface area contributed by atoms with Crippen molar-refractivity contribution in [3.05, 3.63) is 21.3 Å². The Labute approximate surface area is 120 Å². The minimum atomic E-state index is -0.470. The average molecular weight is 303 g/mol. The Balaban J connectivity index is 2.06. The van der Waals surface area contributed by atoms with Gasteiger partial charge in [0, 0.05) is 24.5 Å². The second kappa shape index (κ2) is 6.36. The summed E-state index contributed by atoms with van der Waals surface area (Å²) >= 11 is 7.38. The summed E-state index contributed by atoms with van der Waals surface area (Å²) in [6.45, 7) is 1.92. The number of nitrogens with one attached hydrogen (secondary N) is 1. The number of hydrogen-bond acceptors (Lipinski definition) is 5. The molecule has 1 atom stereocenters. The van der Waals surface area contributed by atoms with Gasteiger partial charge in [-0.3, -0.25) is 14.5 Å². The van der Waals surface area contributed by atoms with Gasteiger partial charge in [0.1, 0.15) is 6.04 Å². The zero-order valence-electron chi connectivity index (χ0n) is 10.5. The molecule has 1 aromatic rings. The van der Waals surface area contributed by atoms with Crippen molar-refractivity contribution >= 4 is 34.8 Å². The van der Waals surface area contributed by atoms with Gasteiger partial charge in [0.15, 0.2) is 0 Å². The molecule has 1 amide bonds. The summed E-state index contributed by atoms with van der Waals surface area (Å²) in [5.41, 5.74) is 0. The molecule has 7 heteroatoms. The van der Waals surface area contributed by atoms with Gasteiger partial charge >= 0.3 is 5.97 Å². The predicted octanol–water partition coefficient (Wildman–Crippen LogP) is 1.27. The van der Waals surface area contributed by atoms with E-state index in [1.54, 1.807) is 0 Å². The standard InChI is InChI=1S/C12H15ClN2O3S/c1-18-11(16)6-9-12(17)14-4-5-15(9)7-8-2-3-10(13)19-8/h2-3,9H,4-7H2,1H3,(H,14,17)/t9-/m0/s1. The summed E-state index contributed by atoms with van der Waals surface area (Å²) in [4.78, 5) is 26.3. The minimum absolute atomic E-state index is 0.0709. The van der Waals surface area contributed by atoms with E-state index < -0.39 is 6.04 Å². The number of rotatable bonds is 4. The number of carbonyl (C=O) groups is 2. The maximum absolute atomic E-state index is 11.9. The zero-order chi connectivity index (χ0) is 13.8. The first-order chi connectivity index (χ1) is 9.10. The van der Waals surface area contributed by atoms with E-state index in [0.717, 1.165) is 9.21 Å². The van der Waals surface area contributed by atoms with Crippen molar-refractivity contribution in [3.8, 4) is 0 Å². The van der Waals surface area contributed by atoms with Gasteiger partial charge in [-0.25, -0.2) is 0 Å². The molecule has 2 rings (SSSR count). The molecule has 0 spiro atoms. The number of methoxy groups -OCH3 is 1. The van der Waals surface area contributed by atoms with Crippen molar-refractivity contribution in [2.75, 3.05) is 20.2 Å². The van der Waals surface area contributed by atoms with E-state index >= 15 is 0 Å². The fraction of sp³-hybridized carbons (Fsp3) is 0.500. The number of hydrogen-bond donors (Lipinski definition) is 1. The molecule has 0 radical (unpaired) electrons. The van der Waals surface area contributed by atoms with Gasteiger partial charge in [0.05, 0.1) is 17.9 Å². The maximum atomic E-state index is 11.9. The fourth-order valence-corrected chi connectivity index (χ4v) is 3.16. The summed E-state index contributed by atoms with van der Waals surface area (Å²) < 4.78 is 5.36. The van der Waals surface area contributed by atoms with Crippen LogP contribution in [0.4, 0.5) is 0 Å². The first-order valence-corrected chi connectivity index (χ1v) is 7.12. The number of ether oxygens (including phenoxy) is 1. The topological polar surface area (TPSA) is 58.6 Å². The van der Waals surface area contributed by atoms with Crippen molar-refractivity contribution < 1.29 is 14.3 Å². The van der Waals surface area contributed by atoms with Crippen LogP contribution in [0.5, 0.6) is 0 Å². The summed E-state index contributed by atoms with van der Waals surface area (Å²) in [6.07, 6.45) is 0.0709. The van der Waals surface area contributed by atoms with Crippen LogP contribution in [0.15, 0.2) is 12.1 Å². The van der Waals surface area contributed by atoms with Crippen molar-refractivity contribution in [1.29, 1.82) is 0 Å². The van der Waals surface area contributed by atoms with Crippen LogP contribution in [-0.2, 0) is 20.9 Å². The summed E-state index contributed by atoms with van der Waals surface area (Å²) in [7, 11) is 1.33. The molecule has 1 fully saturated rings. The van der Waals surface area contributed by atoms with Crippen LogP contribution < -0.4 is 5.32 Å². The second-order valence-corrected chi connectivity index (χ2v) is 6.06. The third-order valence-corrected chi connectivity index (χ3v) is 4.23. The van der Waals surface area contributed by atoms with Gasteiger partial charge in [0.25, 0.3) is 0 Å². The molecular formula is C12H15ClN2O3S. The molecule has 1 saturated heterocycles. The zero-order valence-corrected chi connectivity index (χ0v) is 12.1. The average Bonchev–Trinajstić information content (AvgIpc) is 2.79. The van der Waals surface area contributed by atoms with E-state index in [4.69, 9.17) is 11.6 Å². The molecule has 0 aromatic carbocycles. The quantitative estimate of drug-likeness (QED) is 0.851. The lowest BCUT2D eigenvalue weighted by atomic mass is 10.1. The SMILES string of the molecule is COC(=O)C[C@H]1C(=O)NCCN1Cc1ccc(Cl)s1. The van der Waals surface area contributed by atoms with E-state index in [9.17, 15) is 9.59 Å². The van der Waals surface area contributed by atoms with Crippen molar-refractivity contribution in [3.63, 3.8) is 0 Å². The van der Waals surface area contributed by atoms with E-state index in [-0.39, 0.29) is 18.3 Å². The lowest BCUT2D eigenvalue weighted by Gasteiger charge is -2.34. The highest BCUT2D eigenvalue weighted by molar-refractivity contribution is 7.16. The van der Waals surface area contributed by atoms with E-state index in [2.05, 4.69) is 10.1 Å². The molecule has 5 nitrogen and oxygen atoms in total. The van der Waals surface area contributed by atoms with Crippen molar-refractivity contribution in [2.24, 2.45) is 0 Å². The molecule has 0 saturated carbocycles. The Kier molecular flexibility index (Phi) is 4.79. The molecule has 0 aliphatic carbocycles. The smallest absolute Gasteiger partial charge is 0.307 e. The number of halogens is 1. The number of amides is 1. The van der Waals surface area contributed by atoms with Crippen LogP contribution in [0.25, 0.3) is 0 Å². The highest BCUT2D eigenvalue weighted by atomic mass is 35.5. The molecule has 104 valence electrons. The first-order valence-electron chi connectivity index (χ1n) is 5.93. The van der Waals surface area contributed by atoms with Crippen LogP contribution >= 0.6 is 22.9 Å². The van der Waals surface area contributed by atoms with Crippen LogP contribution in [-0.4, -0.2) is 43.0 Å². The second-order valence-electron chi connectivity index (χ2n) is 4.26. The Bertz CT molecular complexity index is 477. The van der Waals surface area contributed by atoms with Crippen molar-refractivity contribution in [2.45, 2.75) is 19.0 Å². The Morgan fingerprint density at radius 3 is 3.05 bits per heavy atom. The van der Waals surface area contributed by atoms with Gasteiger partial charge in [-0.05, 0) is 12.1 Å². The Hall–Kier alpha value is -1.11. The molecular weight excluding hydrogens is 288 g/mol. The third kappa shape index (κ3) is 3.68. The Morgan fingerprint density at radius 1 is 1.63 bits per heavy atom. The highest BCUT2D eigenvalue weighted by Gasteiger charge is 2.32. The number of nitrogens with zero attached hydrogens (tertiary/aromatic N) is 1. The molecule has 19 heavy (non-hydrogen) atoms. The fourth-order valence-electron chi connectivity index (χ4n) is 2.05. The number of piperazine rings is 1. The molecule has 1 N–H and O–H groups in total. The maximum Gasteiger partial charge on any atom is 0.307 e. The van der Waals surface area contributed by atoms with Gasteiger partial charge in [0.2, 0.25) is 5.91 Å². The van der Waals surface area contributed by atoms with E-state index in [0.29, 0.717) is 19.6 Å². The summed E-state index contributed by atoms with van der Waals surface area (Å²) in [6, 6.07) is 3.30. The highest BCUT2D eigenvalue weighted by Crippen LogP contribution is 2.24. The van der Waals surface area contributed by atoms with E-state index in [1.165, 1.54) is 18.4 Å². The third-order valence-electron chi connectivity index (χ3n) is 3.02. The van der Waals surface area contributed by atoms with Crippen LogP contribution in [0.1, 0.15) is 11.3 Å².